The number of rotatable bonds is 7. The second kappa shape index (κ2) is 10.3. The van der Waals surface area contributed by atoms with Crippen molar-refractivity contribution in [2.75, 3.05) is 39.8 Å². The number of thiophene rings is 1. The van der Waals surface area contributed by atoms with Gasteiger partial charge in [0.05, 0.1) is 0 Å². The van der Waals surface area contributed by atoms with Crippen molar-refractivity contribution in [1.82, 2.24) is 14.7 Å². The molecule has 0 spiro atoms. The third kappa shape index (κ3) is 5.38. The van der Waals surface area contributed by atoms with Gasteiger partial charge < -0.3 is 9.64 Å². The van der Waals surface area contributed by atoms with Gasteiger partial charge in [0.25, 0.3) is 0 Å². The third-order valence-corrected chi connectivity index (χ3v) is 8.00. The number of hydrogen-bond acceptors (Lipinski definition) is 5. The number of hydrogen-bond donors (Lipinski definition) is 0. The van der Waals surface area contributed by atoms with Crippen LogP contribution in [0.2, 0.25) is 0 Å². The normalized spacial score (nSPS) is 17.1. The van der Waals surface area contributed by atoms with Crippen LogP contribution in [0.5, 0.6) is 5.75 Å². The van der Waals surface area contributed by atoms with Crippen molar-refractivity contribution in [2.24, 2.45) is 0 Å². The quantitative estimate of drug-likeness (QED) is 0.520. The largest absolute Gasteiger partial charge is 0.489 e. The van der Waals surface area contributed by atoms with Gasteiger partial charge in [-0.1, -0.05) is 42.5 Å². The molecule has 1 aromatic heterocycles. The Morgan fingerprint density at radius 2 is 1.74 bits per heavy atom. The highest BCUT2D eigenvalue weighted by molar-refractivity contribution is 7.10. The van der Waals surface area contributed by atoms with Crippen LogP contribution in [0.15, 0.2) is 60.7 Å². The van der Waals surface area contributed by atoms with E-state index in [1.165, 1.54) is 44.4 Å². The van der Waals surface area contributed by atoms with E-state index in [0.717, 1.165) is 31.9 Å². The number of ether oxygens (including phenoxy) is 1. The minimum absolute atomic E-state index is 0.589. The molecule has 2 aliphatic rings. The zero-order chi connectivity index (χ0) is 23.5. The Hall–Kier alpha value is -2.60. The Labute approximate surface area is 207 Å². The lowest BCUT2D eigenvalue weighted by Gasteiger charge is -2.36. The van der Waals surface area contributed by atoms with Crippen LogP contribution in [-0.4, -0.2) is 60.5 Å². The predicted octanol–water partition coefficient (Wildman–Crippen LogP) is 3.74. The van der Waals surface area contributed by atoms with E-state index < -0.39 is 0 Å². The molecule has 3 aromatic rings. The molecule has 2 aromatic carbocycles. The molecule has 1 fully saturated rings. The summed E-state index contributed by atoms with van der Waals surface area (Å²) in [6, 6.07) is 22.0. The zero-order valence-corrected chi connectivity index (χ0v) is 21.4. The Morgan fingerprint density at radius 3 is 2.50 bits per heavy atom. The van der Waals surface area contributed by atoms with E-state index >= 15 is 0 Å². The van der Waals surface area contributed by atoms with Gasteiger partial charge in [-0.3, -0.25) is 9.80 Å². The minimum Gasteiger partial charge on any atom is -0.489 e. The third-order valence-electron chi connectivity index (χ3n) is 6.80. The SMILES string of the molecule is CC(C)N1CCN(Cc2cc3c(s2)=C(c2cccc(OCc4ccccc4)c2)CN(C)C=3)CC1. The Kier molecular flexibility index (Phi) is 7.05. The van der Waals surface area contributed by atoms with Crippen molar-refractivity contribution in [3.63, 3.8) is 0 Å². The van der Waals surface area contributed by atoms with Crippen LogP contribution < -0.4 is 14.5 Å². The van der Waals surface area contributed by atoms with E-state index in [1.54, 1.807) is 0 Å². The van der Waals surface area contributed by atoms with Gasteiger partial charge in [-0.25, -0.2) is 0 Å². The fourth-order valence-electron chi connectivity index (χ4n) is 4.87. The minimum atomic E-state index is 0.589. The van der Waals surface area contributed by atoms with E-state index in [1.807, 2.05) is 17.4 Å². The lowest BCUT2D eigenvalue weighted by molar-refractivity contribution is 0.105. The standard InChI is InChI=1S/C29H35N3OS/c1-22(2)32-14-12-31(13-15-32)19-27-17-25-18-30(3)20-28(29(25)34-27)24-10-7-11-26(16-24)33-21-23-8-5-4-6-9-23/h4-11,16-18,22H,12-15,19-21H2,1-3H3. The lowest BCUT2D eigenvalue weighted by atomic mass is 10.0. The van der Waals surface area contributed by atoms with Gasteiger partial charge >= 0.3 is 0 Å². The van der Waals surface area contributed by atoms with Crippen LogP contribution in [0.3, 0.4) is 0 Å². The smallest absolute Gasteiger partial charge is 0.120 e. The fourth-order valence-corrected chi connectivity index (χ4v) is 6.10. The average Bonchev–Trinajstić information content (AvgIpc) is 3.25. The average molecular weight is 474 g/mol. The molecule has 5 rings (SSSR count). The highest BCUT2D eigenvalue weighted by Crippen LogP contribution is 2.22. The first-order chi connectivity index (χ1) is 16.5. The van der Waals surface area contributed by atoms with Gasteiger partial charge in [0, 0.05) is 73.2 Å². The molecule has 0 amide bonds. The van der Waals surface area contributed by atoms with Crippen molar-refractivity contribution in [1.29, 1.82) is 0 Å². The molecule has 0 N–H and O–H groups in total. The second-order valence-electron chi connectivity index (χ2n) is 9.73. The van der Waals surface area contributed by atoms with Gasteiger partial charge in [-0.15, -0.1) is 11.3 Å². The lowest BCUT2D eigenvalue weighted by Crippen LogP contribution is -2.48. The maximum atomic E-state index is 6.13. The highest BCUT2D eigenvalue weighted by Gasteiger charge is 2.20. The first-order valence-corrected chi connectivity index (χ1v) is 13.1. The van der Waals surface area contributed by atoms with E-state index in [2.05, 4.69) is 96.4 Å². The van der Waals surface area contributed by atoms with Crippen molar-refractivity contribution >= 4 is 23.1 Å². The molecule has 0 atom stereocenters. The predicted molar refractivity (Wildman–Crippen MR) is 142 cm³/mol. The molecular weight excluding hydrogens is 438 g/mol. The van der Waals surface area contributed by atoms with Gasteiger partial charge in [-0.2, -0.15) is 0 Å². The maximum Gasteiger partial charge on any atom is 0.120 e. The van der Waals surface area contributed by atoms with E-state index in [0.29, 0.717) is 12.6 Å². The van der Waals surface area contributed by atoms with Gasteiger partial charge in [-0.05, 0) is 48.7 Å². The Bertz CT molecular complexity index is 1230. The van der Waals surface area contributed by atoms with E-state index in [9.17, 15) is 0 Å². The maximum absolute atomic E-state index is 6.13. The van der Waals surface area contributed by atoms with Crippen LogP contribution in [0.25, 0.3) is 11.8 Å². The topological polar surface area (TPSA) is 19.0 Å². The van der Waals surface area contributed by atoms with Crippen molar-refractivity contribution in [3.8, 4) is 5.75 Å². The molecule has 4 nitrogen and oxygen atoms in total. The molecule has 2 aliphatic heterocycles. The Balaban J connectivity index is 1.36. The van der Waals surface area contributed by atoms with Crippen LogP contribution >= 0.6 is 11.3 Å². The van der Waals surface area contributed by atoms with Crippen molar-refractivity contribution in [2.45, 2.75) is 33.0 Å². The van der Waals surface area contributed by atoms with Crippen LogP contribution in [-0.2, 0) is 13.2 Å². The molecule has 0 bridgehead atoms. The molecule has 5 heteroatoms. The molecule has 34 heavy (non-hydrogen) atoms. The van der Waals surface area contributed by atoms with Gasteiger partial charge in [0.15, 0.2) is 0 Å². The fraction of sp³-hybridized carbons (Fsp3) is 0.379. The molecule has 1 saturated heterocycles. The summed E-state index contributed by atoms with van der Waals surface area (Å²) in [6.07, 6.45) is 2.30. The number of likely N-dealkylation sites (N-methyl/N-ethyl adjacent to an activating group) is 1. The highest BCUT2D eigenvalue weighted by atomic mass is 32.1. The van der Waals surface area contributed by atoms with Crippen LogP contribution in [0.1, 0.15) is 29.9 Å². The van der Waals surface area contributed by atoms with E-state index in [4.69, 9.17) is 4.74 Å². The molecule has 3 heterocycles. The summed E-state index contributed by atoms with van der Waals surface area (Å²) in [6.45, 7) is 11.8. The summed E-state index contributed by atoms with van der Waals surface area (Å²) in [5.41, 5.74) is 3.84. The monoisotopic (exact) mass is 473 g/mol. The molecule has 0 unspecified atom stereocenters. The molecule has 0 saturated carbocycles. The first-order valence-electron chi connectivity index (χ1n) is 12.3. The van der Waals surface area contributed by atoms with Gasteiger partial charge in [0.1, 0.15) is 12.4 Å². The second-order valence-corrected chi connectivity index (χ2v) is 10.9. The summed E-state index contributed by atoms with van der Waals surface area (Å²) < 4.78 is 7.54. The summed E-state index contributed by atoms with van der Waals surface area (Å²) in [4.78, 5) is 8.95. The van der Waals surface area contributed by atoms with Crippen LogP contribution in [0, 0.1) is 0 Å². The first kappa shape index (κ1) is 23.2. The van der Waals surface area contributed by atoms with Crippen molar-refractivity contribution < 1.29 is 4.74 Å². The summed E-state index contributed by atoms with van der Waals surface area (Å²) in [5.74, 6) is 0.924. The molecule has 178 valence electrons. The van der Waals surface area contributed by atoms with E-state index in [-0.39, 0.29) is 0 Å². The summed E-state index contributed by atoms with van der Waals surface area (Å²) in [5, 5.41) is 1.35. The molecule has 0 aliphatic carbocycles. The summed E-state index contributed by atoms with van der Waals surface area (Å²) >= 11 is 1.97. The van der Waals surface area contributed by atoms with Crippen molar-refractivity contribution in [3.05, 3.63) is 86.4 Å². The Morgan fingerprint density at radius 1 is 0.941 bits per heavy atom. The number of fused-ring (bicyclic) bond motifs is 1. The summed E-state index contributed by atoms with van der Waals surface area (Å²) in [7, 11) is 2.17. The molecule has 0 radical (unpaired) electrons. The number of piperazine rings is 1. The molecular formula is C29H35N3OS. The van der Waals surface area contributed by atoms with Gasteiger partial charge in [0.2, 0.25) is 0 Å². The number of benzene rings is 2. The zero-order valence-electron chi connectivity index (χ0n) is 20.5. The van der Waals surface area contributed by atoms with Crippen LogP contribution in [0.4, 0.5) is 0 Å². The number of nitrogens with zero attached hydrogens (tertiary/aromatic N) is 3.